The van der Waals surface area contributed by atoms with E-state index in [2.05, 4.69) is 0 Å². The quantitative estimate of drug-likeness (QED) is 0.428. The number of fused-ring (bicyclic) bond motifs is 2. The van der Waals surface area contributed by atoms with Gasteiger partial charge in [-0.1, -0.05) is 13.8 Å². The Morgan fingerprint density at radius 2 is 1.95 bits per heavy atom. The maximum absolute atomic E-state index is 12.0. The van der Waals surface area contributed by atoms with Crippen molar-refractivity contribution in [2.75, 3.05) is 12.4 Å². The van der Waals surface area contributed by atoms with E-state index in [4.69, 9.17) is 14.0 Å². The van der Waals surface area contributed by atoms with Crippen LogP contribution in [0.15, 0.2) is 0 Å². The Hall–Kier alpha value is -0.700. The van der Waals surface area contributed by atoms with Crippen LogP contribution in [0.5, 0.6) is 0 Å². The molecule has 116 valence electrons. The molecule has 0 amide bonds. The minimum absolute atomic E-state index is 0.369. The van der Waals surface area contributed by atoms with Gasteiger partial charge in [-0.15, -0.1) is 0 Å². The summed E-state index contributed by atoms with van der Waals surface area (Å²) < 4.78 is 40.4. The van der Waals surface area contributed by atoms with Crippen LogP contribution in [0, 0.1) is 10.8 Å². The summed E-state index contributed by atoms with van der Waals surface area (Å²) in [6.45, 7) is 5.10. The van der Waals surface area contributed by atoms with E-state index in [9.17, 15) is 18.3 Å². The van der Waals surface area contributed by atoms with Crippen molar-refractivity contribution in [2.24, 2.45) is 10.8 Å². The van der Waals surface area contributed by atoms with Gasteiger partial charge in [-0.2, -0.15) is 8.42 Å². The van der Waals surface area contributed by atoms with Gasteiger partial charge in [0.05, 0.1) is 17.8 Å². The van der Waals surface area contributed by atoms with Gasteiger partial charge in [0.15, 0.2) is 11.9 Å². The molecule has 0 aromatic heterocycles. The molecule has 1 saturated carbocycles. The molecule has 0 aromatic rings. The molecule has 2 N–H and O–H groups in total. The molecule has 2 fully saturated rings. The predicted molar refractivity (Wildman–Crippen MR) is 68.3 cm³/mol. The number of aliphatic hydroxyl groups is 1. The van der Waals surface area contributed by atoms with Gasteiger partial charge in [-0.3, -0.25) is 9.35 Å². The highest BCUT2D eigenvalue weighted by Gasteiger charge is 2.75. The van der Waals surface area contributed by atoms with E-state index in [1.807, 2.05) is 13.8 Å². The number of rotatable bonds is 5. The minimum atomic E-state index is -4.15. The fourth-order valence-corrected chi connectivity index (χ4v) is 3.53. The molecular weight excluding hydrogens is 288 g/mol. The third-order valence-corrected chi connectivity index (χ3v) is 5.86. The first-order valence-electron chi connectivity index (χ1n) is 6.45. The zero-order valence-corrected chi connectivity index (χ0v) is 12.6. The highest BCUT2D eigenvalue weighted by Crippen LogP contribution is 2.66. The molecule has 1 heterocycles. The predicted octanol–water partition coefficient (Wildman–Crippen LogP) is 0.331. The lowest BCUT2D eigenvalue weighted by atomic mass is 9.66. The van der Waals surface area contributed by atoms with Crippen molar-refractivity contribution in [2.45, 2.75) is 45.5 Å². The van der Waals surface area contributed by atoms with Crippen LogP contribution in [0.4, 0.5) is 0 Å². The van der Waals surface area contributed by atoms with Crippen LogP contribution < -0.4 is 0 Å². The molecule has 7 nitrogen and oxygen atoms in total. The summed E-state index contributed by atoms with van der Waals surface area (Å²) in [4.78, 5) is 12.0. The summed E-state index contributed by atoms with van der Waals surface area (Å²) in [5.41, 5.74) is -2.48. The highest BCUT2D eigenvalue weighted by atomic mass is 32.2. The van der Waals surface area contributed by atoms with Crippen LogP contribution in [0.1, 0.15) is 33.6 Å². The Labute approximate surface area is 118 Å². The van der Waals surface area contributed by atoms with Crippen molar-refractivity contribution >= 4 is 16.1 Å². The largest absolute Gasteiger partial charge is 0.453 e. The van der Waals surface area contributed by atoms with E-state index in [1.165, 1.54) is 0 Å². The molecule has 8 heteroatoms. The van der Waals surface area contributed by atoms with Crippen molar-refractivity contribution in [1.82, 2.24) is 0 Å². The van der Waals surface area contributed by atoms with E-state index in [0.29, 0.717) is 12.8 Å². The average molecular weight is 308 g/mol. The van der Waals surface area contributed by atoms with E-state index < -0.39 is 38.6 Å². The van der Waals surface area contributed by atoms with Gasteiger partial charge in [0.25, 0.3) is 10.1 Å². The third kappa shape index (κ3) is 1.97. The number of hydrogen-bond acceptors (Lipinski definition) is 6. The molecule has 3 unspecified atom stereocenters. The lowest BCUT2D eigenvalue weighted by molar-refractivity contribution is -0.237. The van der Waals surface area contributed by atoms with Crippen molar-refractivity contribution in [3.05, 3.63) is 0 Å². The van der Waals surface area contributed by atoms with Gasteiger partial charge in [-0.05, 0) is 19.8 Å². The molecule has 2 rings (SSSR count). The molecule has 1 saturated heterocycles. The summed E-state index contributed by atoms with van der Waals surface area (Å²) in [6, 6.07) is 0. The zero-order chi connectivity index (χ0) is 15.4. The maximum atomic E-state index is 12.0. The van der Waals surface area contributed by atoms with Gasteiger partial charge < -0.3 is 14.6 Å². The Bertz CT molecular complexity index is 526. The zero-order valence-electron chi connectivity index (χ0n) is 11.7. The fourth-order valence-electron chi connectivity index (χ4n) is 3.22. The Kier molecular flexibility index (Phi) is 3.45. The molecule has 1 aliphatic carbocycles. The van der Waals surface area contributed by atoms with E-state index in [1.54, 1.807) is 6.92 Å². The smallest absolute Gasteiger partial charge is 0.313 e. The SMILES string of the molecule is CC12CCC(C(O)OCCS(=O)(=O)O)(OC1=O)C2(C)C. The highest BCUT2D eigenvalue weighted by molar-refractivity contribution is 7.85. The number of esters is 1. The first-order valence-corrected chi connectivity index (χ1v) is 8.05. The number of carbonyl (C=O) groups is 1. The second kappa shape index (κ2) is 4.40. The fraction of sp³-hybridized carbons (Fsp3) is 0.917. The van der Waals surface area contributed by atoms with E-state index in [0.717, 1.165) is 0 Å². The van der Waals surface area contributed by atoms with Crippen LogP contribution >= 0.6 is 0 Å². The molecular formula is C12H20O7S. The maximum Gasteiger partial charge on any atom is 0.313 e. The number of aliphatic hydroxyl groups excluding tert-OH is 1. The Balaban J connectivity index is 2.14. The van der Waals surface area contributed by atoms with Crippen molar-refractivity contribution in [3.63, 3.8) is 0 Å². The summed E-state index contributed by atoms with van der Waals surface area (Å²) in [7, 11) is -4.15. The average Bonchev–Trinajstić information content (AvgIpc) is 2.57. The standard InChI is InChI=1S/C12H20O7S/c1-10(2)11(3)4-5-12(10,19-8(11)13)9(14)18-6-7-20(15,16)17/h9,14H,4-7H2,1-3H3,(H,15,16,17). The monoisotopic (exact) mass is 308 g/mol. The number of hydrogen-bond donors (Lipinski definition) is 2. The van der Waals surface area contributed by atoms with Crippen LogP contribution in [0.25, 0.3) is 0 Å². The lowest BCUT2D eigenvalue weighted by Gasteiger charge is -2.39. The Morgan fingerprint density at radius 1 is 1.35 bits per heavy atom. The van der Waals surface area contributed by atoms with Crippen LogP contribution in [-0.2, 0) is 24.4 Å². The summed E-state index contributed by atoms with van der Waals surface area (Å²) in [5.74, 6) is -0.989. The molecule has 1 aliphatic heterocycles. The van der Waals surface area contributed by atoms with Gasteiger partial charge in [0.1, 0.15) is 0 Å². The third-order valence-electron chi connectivity index (χ3n) is 5.18. The number of carbonyl (C=O) groups excluding carboxylic acids is 1. The second-order valence-electron chi connectivity index (χ2n) is 6.25. The normalized spacial score (nSPS) is 37.0. The van der Waals surface area contributed by atoms with Gasteiger partial charge >= 0.3 is 5.97 Å². The first-order chi connectivity index (χ1) is 8.96. The molecule has 2 bridgehead atoms. The van der Waals surface area contributed by atoms with Gasteiger partial charge in [0.2, 0.25) is 0 Å². The van der Waals surface area contributed by atoms with Crippen LogP contribution in [0.3, 0.4) is 0 Å². The Morgan fingerprint density at radius 3 is 2.35 bits per heavy atom. The van der Waals surface area contributed by atoms with Crippen LogP contribution in [0.2, 0.25) is 0 Å². The van der Waals surface area contributed by atoms with Crippen molar-refractivity contribution in [3.8, 4) is 0 Å². The summed E-state index contributed by atoms with van der Waals surface area (Å²) >= 11 is 0. The molecule has 0 aromatic carbocycles. The molecule has 2 aliphatic rings. The van der Waals surface area contributed by atoms with Gasteiger partial charge in [0, 0.05) is 5.41 Å². The number of ether oxygens (including phenoxy) is 2. The topological polar surface area (TPSA) is 110 Å². The minimum Gasteiger partial charge on any atom is -0.453 e. The molecule has 0 spiro atoms. The van der Waals surface area contributed by atoms with Crippen LogP contribution in [-0.4, -0.2) is 48.3 Å². The van der Waals surface area contributed by atoms with Crippen molar-refractivity contribution in [1.29, 1.82) is 0 Å². The van der Waals surface area contributed by atoms with E-state index >= 15 is 0 Å². The van der Waals surface area contributed by atoms with E-state index in [-0.39, 0.29) is 12.6 Å². The molecule has 3 atom stereocenters. The summed E-state index contributed by atoms with van der Waals surface area (Å²) in [5, 5.41) is 10.2. The molecule has 20 heavy (non-hydrogen) atoms. The molecule has 0 radical (unpaired) electrons. The first kappa shape index (κ1) is 15.7. The van der Waals surface area contributed by atoms with Gasteiger partial charge in [-0.25, -0.2) is 0 Å². The second-order valence-corrected chi connectivity index (χ2v) is 7.82. The summed E-state index contributed by atoms with van der Waals surface area (Å²) in [6.07, 6.45) is -0.389. The van der Waals surface area contributed by atoms with Crippen molar-refractivity contribution < 1.29 is 32.3 Å². The lowest BCUT2D eigenvalue weighted by Crippen LogP contribution is -2.52.